The summed E-state index contributed by atoms with van der Waals surface area (Å²) in [5.74, 6) is -0.909. The summed E-state index contributed by atoms with van der Waals surface area (Å²) in [5, 5.41) is 10.1. The second-order valence-corrected chi connectivity index (χ2v) is 3.95. The van der Waals surface area contributed by atoms with Crippen molar-refractivity contribution >= 4 is 25.8 Å². The fraction of sp³-hybridized carbons (Fsp3) is 0.917. The van der Waals surface area contributed by atoms with Crippen LogP contribution in [0.5, 0.6) is 0 Å². The number of halogens is 2. The van der Waals surface area contributed by atoms with Gasteiger partial charge in [-0.3, -0.25) is 0 Å². The Morgan fingerprint density at radius 1 is 0.824 bits per heavy atom. The maximum Gasteiger partial charge on any atom is 3.00 e. The standard InChI is InChI=1S/C12H24O2.2BrH.Ga/c1-2-3-4-5-6-7-8-9-10-11-12(13)14;;;/h2-11H2,1H3,(H,13,14);2*1H;/q;;;+3/p-3. The van der Waals surface area contributed by atoms with Crippen molar-refractivity contribution in [2.45, 2.75) is 71.1 Å². The fourth-order valence-electron chi connectivity index (χ4n) is 1.58. The Labute approximate surface area is 140 Å². The van der Waals surface area contributed by atoms with Crippen molar-refractivity contribution in [3.8, 4) is 0 Å². The molecule has 0 bridgehead atoms. The molecule has 0 radical (unpaired) electrons. The second kappa shape index (κ2) is 22.3. The van der Waals surface area contributed by atoms with Crippen LogP contribution in [0.2, 0.25) is 0 Å². The minimum atomic E-state index is -0.909. The van der Waals surface area contributed by atoms with Crippen LogP contribution in [0.3, 0.4) is 0 Å². The van der Waals surface area contributed by atoms with E-state index in [0.717, 1.165) is 12.8 Å². The van der Waals surface area contributed by atoms with Crippen molar-refractivity contribution in [2.24, 2.45) is 0 Å². The molecule has 0 saturated heterocycles. The molecule has 0 aromatic rings. The van der Waals surface area contributed by atoms with Gasteiger partial charge in [-0.25, -0.2) is 0 Å². The van der Waals surface area contributed by atoms with E-state index >= 15 is 0 Å². The number of carboxylic acid groups (broad SMARTS) is 1. The zero-order valence-corrected chi connectivity index (χ0v) is 16.3. The van der Waals surface area contributed by atoms with Gasteiger partial charge in [0.1, 0.15) is 0 Å². The van der Waals surface area contributed by atoms with Gasteiger partial charge in [0.2, 0.25) is 0 Å². The zero-order chi connectivity index (χ0) is 10.6. The fourth-order valence-corrected chi connectivity index (χ4v) is 1.58. The van der Waals surface area contributed by atoms with E-state index in [-0.39, 0.29) is 60.2 Å². The summed E-state index contributed by atoms with van der Waals surface area (Å²) in [6.07, 6.45) is 11.2. The van der Waals surface area contributed by atoms with Crippen molar-refractivity contribution in [2.75, 3.05) is 0 Å². The van der Waals surface area contributed by atoms with E-state index in [1.807, 2.05) is 0 Å². The molecule has 0 spiro atoms. The van der Waals surface area contributed by atoms with E-state index < -0.39 is 5.97 Å². The number of hydrogen-bond acceptors (Lipinski definition) is 2. The van der Waals surface area contributed by atoms with Gasteiger partial charge in [-0.15, -0.1) is 0 Å². The number of carbonyl (C=O) groups excluding carboxylic acids is 1. The zero-order valence-electron chi connectivity index (χ0n) is 10.7. The molecule has 0 N–H and O–H groups in total. The molecule has 0 unspecified atom stereocenters. The Balaban J connectivity index is -0.000000282. The van der Waals surface area contributed by atoms with Crippen LogP contribution in [-0.2, 0) is 4.79 Å². The largest absolute Gasteiger partial charge is 3.00 e. The summed E-state index contributed by atoms with van der Waals surface area (Å²) in [4.78, 5) is 10.1. The Bertz CT molecular complexity index is 146. The van der Waals surface area contributed by atoms with Crippen LogP contribution in [0.1, 0.15) is 71.1 Å². The number of aliphatic carboxylic acids is 1. The summed E-state index contributed by atoms with van der Waals surface area (Å²) < 4.78 is 0. The third-order valence-corrected chi connectivity index (χ3v) is 2.48. The third kappa shape index (κ3) is 26.6. The predicted molar refractivity (Wildman–Crippen MR) is 62.6 cm³/mol. The van der Waals surface area contributed by atoms with Crippen LogP contribution in [0, 0.1) is 0 Å². The van der Waals surface area contributed by atoms with E-state index in [2.05, 4.69) is 6.92 Å². The monoisotopic (exact) mass is 426 g/mol. The molecule has 0 aromatic heterocycles. The Morgan fingerprint density at radius 3 is 1.53 bits per heavy atom. The number of unbranched alkanes of at least 4 members (excludes halogenated alkanes) is 8. The van der Waals surface area contributed by atoms with E-state index in [1.165, 1.54) is 44.9 Å². The van der Waals surface area contributed by atoms with Crippen molar-refractivity contribution in [1.29, 1.82) is 0 Å². The van der Waals surface area contributed by atoms with Crippen LogP contribution in [0.25, 0.3) is 0 Å². The third-order valence-electron chi connectivity index (χ3n) is 2.48. The Kier molecular flexibility index (Phi) is 34.8. The van der Waals surface area contributed by atoms with E-state index in [4.69, 9.17) is 0 Å². The number of carboxylic acids is 1. The summed E-state index contributed by atoms with van der Waals surface area (Å²) in [7, 11) is 0. The normalized spacial score (nSPS) is 8.53. The first-order chi connectivity index (χ1) is 6.77. The molecule has 0 atom stereocenters. The molecule has 0 fully saturated rings. The van der Waals surface area contributed by atoms with Gasteiger partial charge >= 0.3 is 19.8 Å². The van der Waals surface area contributed by atoms with Gasteiger partial charge in [-0.05, 0) is 12.8 Å². The molecule has 5 heteroatoms. The number of hydrogen-bond donors (Lipinski definition) is 0. The minimum absolute atomic E-state index is 0. The molecule has 17 heavy (non-hydrogen) atoms. The van der Waals surface area contributed by atoms with E-state index in [1.54, 1.807) is 0 Å². The summed E-state index contributed by atoms with van der Waals surface area (Å²) in [5.41, 5.74) is 0. The molecular formula is C12H23Br2GaO2. The molecule has 2 nitrogen and oxygen atoms in total. The molecule has 0 aliphatic heterocycles. The summed E-state index contributed by atoms with van der Waals surface area (Å²) in [6.45, 7) is 2.22. The average molecular weight is 429 g/mol. The van der Waals surface area contributed by atoms with Crippen LogP contribution in [0.15, 0.2) is 0 Å². The second-order valence-electron chi connectivity index (χ2n) is 3.95. The SMILES string of the molecule is CCCCCCCCCCCC(=O)[O-].[Br-].[Br-].[Ga+3]. The van der Waals surface area contributed by atoms with Crippen LogP contribution in [-0.4, -0.2) is 25.8 Å². The molecule has 0 heterocycles. The van der Waals surface area contributed by atoms with Crippen LogP contribution < -0.4 is 39.1 Å². The first-order valence-corrected chi connectivity index (χ1v) is 5.97. The molecule has 0 rings (SSSR count). The van der Waals surface area contributed by atoms with E-state index in [0.29, 0.717) is 0 Å². The first kappa shape index (κ1) is 26.6. The molecule has 0 aliphatic carbocycles. The van der Waals surface area contributed by atoms with Gasteiger partial charge in [0.25, 0.3) is 0 Å². The van der Waals surface area contributed by atoms with Gasteiger partial charge in [-0.1, -0.05) is 58.3 Å². The molecular weight excluding hydrogens is 406 g/mol. The van der Waals surface area contributed by atoms with Gasteiger partial charge in [0, 0.05) is 5.97 Å². The average Bonchev–Trinajstić information content (AvgIpc) is 2.15. The predicted octanol–water partition coefficient (Wildman–Crippen LogP) is -3.72. The molecule has 0 aromatic carbocycles. The first-order valence-electron chi connectivity index (χ1n) is 5.97. The van der Waals surface area contributed by atoms with Gasteiger partial charge < -0.3 is 43.9 Å². The van der Waals surface area contributed by atoms with Crippen molar-refractivity contribution in [1.82, 2.24) is 0 Å². The quantitative estimate of drug-likeness (QED) is 0.265. The molecule has 100 valence electrons. The Hall–Kier alpha value is 1.07. The van der Waals surface area contributed by atoms with Crippen molar-refractivity contribution < 1.29 is 43.9 Å². The molecule has 0 saturated carbocycles. The van der Waals surface area contributed by atoms with Gasteiger partial charge in [-0.2, -0.15) is 0 Å². The van der Waals surface area contributed by atoms with E-state index in [9.17, 15) is 9.90 Å². The van der Waals surface area contributed by atoms with Crippen molar-refractivity contribution in [3.05, 3.63) is 0 Å². The number of rotatable bonds is 10. The topological polar surface area (TPSA) is 40.1 Å². The molecule has 0 amide bonds. The maximum atomic E-state index is 10.1. The smallest absolute Gasteiger partial charge is 1.00 e. The summed E-state index contributed by atoms with van der Waals surface area (Å²) >= 11 is 0. The minimum Gasteiger partial charge on any atom is -1.00 e. The van der Waals surface area contributed by atoms with Crippen LogP contribution in [0.4, 0.5) is 0 Å². The molecule has 0 aliphatic rings. The van der Waals surface area contributed by atoms with Gasteiger partial charge in [0.15, 0.2) is 0 Å². The summed E-state index contributed by atoms with van der Waals surface area (Å²) in [6, 6.07) is 0. The Morgan fingerprint density at radius 2 is 1.18 bits per heavy atom. The number of carbonyl (C=O) groups is 1. The van der Waals surface area contributed by atoms with Gasteiger partial charge in [0.05, 0.1) is 0 Å². The maximum absolute atomic E-state index is 10.1. The van der Waals surface area contributed by atoms with Crippen molar-refractivity contribution in [3.63, 3.8) is 0 Å². The van der Waals surface area contributed by atoms with Crippen LogP contribution >= 0.6 is 0 Å².